The van der Waals surface area contributed by atoms with Crippen LogP contribution < -0.4 is 4.90 Å². The summed E-state index contributed by atoms with van der Waals surface area (Å²) < 4.78 is 20.0. The van der Waals surface area contributed by atoms with Crippen molar-refractivity contribution in [1.82, 2.24) is 0 Å². The lowest BCUT2D eigenvalue weighted by atomic mass is 10.1. The number of anilines is 2. The lowest BCUT2D eigenvalue weighted by Gasteiger charge is -2.20. The third-order valence-corrected chi connectivity index (χ3v) is 5.06. The Labute approximate surface area is 156 Å². The topological polar surface area (TPSA) is 29.5 Å². The van der Waals surface area contributed by atoms with E-state index >= 15 is 0 Å². The van der Waals surface area contributed by atoms with E-state index in [0.717, 1.165) is 29.8 Å². The number of hydrogen-bond donors (Lipinski definition) is 0. The van der Waals surface area contributed by atoms with Crippen molar-refractivity contribution >= 4 is 29.2 Å². The van der Waals surface area contributed by atoms with Gasteiger partial charge in [0.25, 0.3) is 0 Å². The largest absolute Gasteiger partial charge is 0.422 e. The molecule has 0 bridgehead atoms. The molecular weight excluding hydrogens is 341 g/mol. The molecule has 27 heavy (non-hydrogen) atoms. The maximum Gasteiger partial charge on any atom is 0.344 e. The summed E-state index contributed by atoms with van der Waals surface area (Å²) in [4.78, 5) is 14.0. The van der Waals surface area contributed by atoms with E-state index in [2.05, 4.69) is 6.07 Å². The van der Waals surface area contributed by atoms with Gasteiger partial charge in [-0.05, 0) is 47.9 Å². The van der Waals surface area contributed by atoms with Crippen molar-refractivity contribution in [2.75, 3.05) is 11.4 Å². The van der Waals surface area contributed by atoms with E-state index in [9.17, 15) is 9.18 Å². The number of para-hydroxylation sites is 1. The standard InChI is InChI=1S/C23H16FNO2/c24-19-10-9-15(14-22-17-6-2-3-7-18(17)23(26)27-22)13-21(19)25-12-11-16-5-1-4-8-20(16)25/h1-10,13-14H,11-12H2. The van der Waals surface area contributed by atoms with Crippen molar-refractivity contribution in [3.8, 4) is 0 Å². The molecule has 0 aromatic heterocycles. The first-order chi connectivity index (χ1) is 13.2. The normalized spacial score (nSPS) is 16.4. The number of benzene rings is 3. The SMILES string of the molecule is O=C1OC(=Cc2ccc(F)c(N3CCc4ccccc43)c2)c2ccccc21. The van der Waals surface area contributed by atoms with Gasteiger partial charge in [-0.15, -0.1) is 0 Å². The highest BCUT2D eigenvalue weighted by molar-refractivity contribution is 6.05. The van der Waals surface area contributed by atoms with Crippen LogP contribution in [0.2, 0.25) is 0 Å². The second-order valence-electron chi connectivity index (χ2n) is 6.68. The molecule has 2 heterocycles. The van der Waals surface area contributed by atoms with Gasteiger partial charge < -0.3 is 9.64 Å². The van der Waals surface area contributed by atoms with Gasteiger partial charge in [0.05, 0.1) is 11.3 Å². The van der Waals surface area contributed by atoms with E-state index in [1.807, 2.05) is 41.3 Å². The highest BCUT2D eigenvalue weighted by Crippen LogP contribution is 2.37. The van der Waals surface area contributed by atoms with Crippen molar-refractivity contribution in [2.45, 2.75) is 6.42 Å². The van der Waals surface area contributed by atoms with Crippen molar-refractivity contribution in [3.63, 3.8) is 0 Å². The number of cyclic esters (lactones) is 1. The third-order valence-electron chi connectivity index (χ3n) is 5.06. The highest BCUT2D eigenvalue weighted by atomic mass is 19.1. The number of hydrogen-bond acceptors (Lipinski definition) is 3. The Morgan fingerprint density at radius 2 is 1.70 bits per heavy atom. The van der Waals surface area contributed by atoms with Crippen LogP contribution in [-0.2, 0) is 11.2 Å². The molecule has 0 saturated carbocycles. The predicted molar refractivity (Wildman–Crippen MR) is 103 cm³/mol. The molecule has 3 nitrogen and oxygen atoms in total. The van der Waals surface area contributed by atoms with Crippen molar-refractivity contribution in [1.29, 1.82) is 0 Å². The first-order valence-corrected chi connectivity index (χ1v) is 8.89. The zero-order valence-corrected chi connectivity index (χ0v) is 14.5. The molecule has 5 rings (SSSR count). The van der Waals surface area contributed by atoms with Gasteiger partial charge in [-0.3, -0.25) is 0 Å². The second-order valence-corrected chi connectivity index (χ2v) is 6.68. The molecule has 0 N–H and O–H groups in total. The Kier molecular flexibility index (Phi) is 3.57. The molecule has 0 fully saturated rings. The fraction of sp³-hybridized carbons (Fsp3) is 0.0870. The number of fused-ring (bicyclic) bond motifs is 2. The zero-order valence-electron chi connectivity index (χ0n) is 14.5. The predicted octanol–water partition coefficient (Wildman–Crippen LogP) is 5.19. The molecule has 3 aromatic rings. The van der Waals surface area contributed by atoms with Crippen molar-refractivity contribution < 1.29 is 13.9 Å². The van der Waals surface area contributed by atoms with E-state index in [1.165, 1.54) is 11.6 Å². The summed E-state index contributed by atoms with van der Waals surface area (Å²) in [7, 11) is 0. The summed E-state index contributed by atoms with van der Waals surface area (Å²) >= 11 is 0. The van der Waals surface area contributed by atoms with Gasteiger partial charge in [-0.2, -0.15) is 0 Å². The summed E-state index contributed by atoms with van der Waals surface area (Å²) in [6, 6.07) is 20.3. The van der Waals surface area contributed by atoms with Gasteiger partial charge in [0, 0.05) is 17.8 Å². The van der Waals surface area contributed by atoms with Gasteiger partial charge in [-0.1, -0.05) is 42.5 Å². The van der Waals surface area contributed by atoms with Gasteiger partial charge in [0.2, 0.25) is 0 Å². The van der Waals surface area contributed by atoms with Crippen LogP contribution in [0.3, 0.4) is 0 Å². The van der Waals surface area contributed by atoms with E-state index in [-0.39, 0.29) is 11.8 Å². The minimum atomic E-state index is -0.354. The van der Waals surface area contributed by atoms with Crippen LogP contribution in [0.15, 0.2) is 66.7 Å². The molecule has 2 aliphatic rings. The second kappa shape index (κ2) is 6.09. The zero-order chi connectivity index (χ0) is 18.4. The van der Waals surface area contributed by atoms with Crippen LogP contribution in [0.1, 0.15) is 27.0 Å². The Morgan fingerprint density at radius 3 is 2.59 bits per heavy atom. The van der Waals surface area contributed by atoms with Crippen LogP contribution in [0.4, 0.5) is 15.8 Å². The van der Waals surface area contributed by atoms with Crippen molar-refractivity contribution in [3.05, 3.63) is 94.8 Å². The Morgan fingerprint density at radius 1 is 0.926 bits per heavy atom. The molecule has 0 radical (unpaired) electrons. The van der Waals surface area contributed by atoms with Crippen LogP contribution in [0, 0.1) is 5.82 Å². The van der Waals surface area contributed by atoms with Crippen LogP contribution in [-0.4, -0.2) is 12.5 Å². The molecule has 132 valence electrons. The van der Waals surface area contributed by atoms with E-state index in [0.29, 0.717) is 17.0 Å². The lowest BCUT2D eigenvalue weighted by Crippen LogP contribution is -2.14. The van der Waals surface area contributed by atoms with Gasteiger partial charge in [0.1, 0.15) is 11.6 Å². The Hall–Kier alpha value is -3.40. The molecule has 3 aromatic carbocycles. The van der Waals surface area contributed by atoms with Crippen LogP contribution in [0.25, 0.3) is 11.8 Å². The molecule has 0 saturated heterocycles. The minimum Gasteiger partial charge on any atom is -0.422 e. The number of carbonyl (C=O) groups is 1. The Balaban J connectivity index is 1.55. The maximum absolute atomic E-state index is 14.6. The third kappa shape index (κ3) is 2.61. The fourth-order valence-electron chi connectivity index (χ4n) is 3.76. The number of esters is 1. The Bertz CT molecular complexity index is 1100. The van der Waals surface area contributed by atoms with Gasteiger partial charge >= 0.3 is 5.97 Å². The monoisotopic (exact) mass is 357 g/mol. The minimum absolute atomic E-state index is 0.266. The van der Waals surface area contributed by atoms with E-state index < -0.39 is 0 Å². The van der Waals surface area contributed by atoms with Crippen LogP contribution >= 0.6 is 0 Å². The van der Waals surface area contributed by atoms with Crippen molar-refractivity contribution in [2.24, 2.45) is 0 Å². The number of carbonyl (C=O) groups excluding carboxylic acids is 1. The van der Waals surface area contributed by atoms with E-state index in [4.69, 9.17) is 4.74 Å². The summed E-state index contributed by atoms with van der Waals surface area (Å²) in [5, 5.41) is 0. The van der Waals surface area contributed by atoms with Gasteiger partial charge in [0.15, 0.2) is 0 Å². The molecule has 0 spiro atoms. The summed E-state index contributed by atoms with van der Waals surface area (Å²) in [6.07, 6.45) is 2.68. The average molecular weight is 357 g/mol. The first kappa shape index (κ1) is 15.8. The molecule has 4 heteroatoms. The summed E-state index contributed by atoms with van der Waals surface area (Å²) in [6.45, 7) is 0.744. The summed E-state index contributed by atoms with van der Waals surface area (Å²) in [5.74, 6) is -0.125. The average Bonchev–Trinajstić information content (AvgIpc) is 3.25. The number of ether oxygens (including phenoxy) is 1. The molecule has 0 unspecified atom stereocenters. The molecular formula is C23H16FNO2. The quantitative estimate of drug-likeness (QED) is 0.591. The fourth-order valence-corrected chi connectivity index (χ4v) is 3.76. The molecule has 0 amide bonds. The lowest BCUT2D eigenvalue weighted by molar-refractivity contribution is 0.0717. The maximum atomic E-state index is 14.6. The van der Waals surface area contributed by atoms with E-state index in [1.54, 1.807) is 24.3 Å². The van der Waals surface area contributed by atoms with Crippen LogP contribution in [0.5, 0.6) is 0 Å². The molecule has 0 atom stereocenters. The molecule has 0 aliphatic carbocycles. The number of halogens is 1. The number of nitrogens with zero attached hydrogens (tertiary/aromatic N) is 1. The molecule has 2 aliphatic heterocycles. The number of rotatable bonds is 2. The van der Waals surface area contributed by atoms with Gasteiger partial charge in [-0.25, -0.2) is 9.18 Å². The summed E-state index contributed by atoms with van der Waals surface area (Å²) in [5.41, 5.74) is 4.90. The first-order valence-electron chi connectivity index (χ1n) is 8.89. The smallest absolute Gasteiger partial charge is 0.344 e. The highest BCUT2D eigenvalue weighted by Gasteiger charge is 2.26.